The molecule has 1 spiro atoms. The third-order valence-electron chi connectivity index (χ3n) is 5.00. The van der Waals surface area contributed by atoms with Crippen LogP contribution in [0.3, 0.4) is 0 Å². The second kappa shape index (κ2) is 4.60. The molecule has 1 amide bonds. The van der Waals surface area contributed by atoms with Gasteiger partial charge >= 0.3 is 0 Å². The van der Waals surface area contributed by atoms with Gasteiger partial charge in [0.1, 0.15) is 0 Å². The Labute approximate surface area is 104 Å². The van der Waals surface area contributed by atoms with Crippen molar-refractivity contribution in [3.05, 3.63) is 0 Å². The van der Waals surface area contributed by atoms with Crippen LogP contribution in [0.5, 0.6) is 0 Å². The van der Waals surface area contributed by atoms with E-state index in [9.17, 15) is 4.79 Å². The van der Waals surface area contributed by atoms with Crippen molar-refractivity contribution < 1.29 is 4.79 Å². The summed E-state index contributed by atoms with van der Waals surface area (Å²) in [6, 6.07) is 0. The molecule has 3 heteroatoms. The molecule has 3 fully saturated rings. The van der Waals surface area contributed by atoms with Gasteiger partial charge in [0.25, 0.3) is 0 Å². The maximum absolute atomic E-state index is 12.1. The smallest absolute Gasteiger partial charge is 0.223 e. The van der Waals surface area contributed by atoms with E-state index < -0.39 is 0 Å². The molecule has 0 unspecified atom stereocenters. The van der Waals surface area contributed by atoms with Crippen molar-refractivity contribution in [1.82, 2.24) is 10.6 Å². The molecule has 3 aliphatic rings. The number of piperidine rings is 1. The number of hydrogen-bond donors (Lipinski definition) is 2. The van der Waals surface area contributed by atoms with Gasteiger partial charge in [-0.1, -0.05) is 0 Å². The second-order valence-corrected chi connectivity index (χ2v) is 6.38. The summed E-state index contributed by atoms with van der Waals surface area (Å²) in [5.41, 5.74) is 0.507. The van der Waals surface area contributed by atoms with Gasteiger partial charge in [0.2, 0.25) is 5.91 Å². The molecule has 0 bridgehead atoms. The number of carbonyl (C=O) groups excluding carboxylic acids is 1. The first-order valence-corrected chi connectivity index (χ1v) is 7.26. The Kier molecular flexibility index (Phi) is 3.12. The minimum atomic E-state index is 0.312. The Hall–Kier alpha value is -0.570. The highest BCUT2D eigenvalue weighted by molar-refractivity contribution is 5.79. The lowest BCUT2D eigenvalue weighted by atomic mass is 9.77. The Morgan fingerprint density at radius 2 is 1.94 bits per heavy atom. The molecule has 1 heterocycles. The third kappa shape index (κ3) is 2.65. The van der Waals surface area contributed by atoms with Crippen molar-refractivity contribution in [2.45, 2.75) is 44.9 Å². The summed E-state index contributed by atoms with van der Waals surface area (Å²) in [4.78, 5) is 12.1. The number of carbonyl (C=O) groups is 1. The highest BCUT2D eigenvalue weighted by Gasteiger charge is 2.42. The molecule has 96 valence electrons. The van der Waals surface area contributed by atoms with E-state index >= 15 is 0 Å². The van der Waals surface area contributed by atoms with Crippen LogP contribution in [-0.4, -0.2) is 25.5 Å². The number of rotatable bonds is 3. The second-order valence-electron chi connectivity index (χ2n) is 6.38. The van der Waals surface area contributed by atoms with Gasteiger partial charge in [-0.05, 0) is 69.4 Å². The topological polar surface area (TPSA) is 41.1 Å². The van der Waals surface area contributed by atoms with Crippen molar-refractivity contribution in [3.8, 4) is 0 Å². The minimum Gasteiger partial charge on any atom is -0.356 e. The van der Waals surface area contributed by atoms with Crippen LogP contribution < -0.4 is 10.6 Å². The summed E-state index contributed by atoms with van der Waals surface area (Å²) in [6.07, 6.45) is 8.73. The zero-order valence-corrected chi connectivity index (χ0v) is 10.6. The molecule has 0 radical (unpaired) electrons. The fourth-order valence-corrected chi connectivity index (χ4v) is 3.55. The van der Waals surface area contributed by atoms with Gasteiger partial charge in [-0.25, -0.2) is 0 Å². The van der Waals surface area contributed by atoms with Gasteiger partial charge < -0.3 is 10.6 Å². The number of hydrogen-bond acceptors (Lipinski definition) is 2. The van der Waals surface area contributed by atoms with E-state index in [1.807, 2.05) is 0 Å². The van der Waals surface area contributed by atoms with Crippen molar-refractivity contribution in [1.29, 1.82) is 0 Å². The predicted molar refractivity (Wildman–Crippen MR) is 67.6 cm³/mol. The molecule has 1 saturated heterocycles. The molecule has 3 rings (SSSR count). The van der Waals surface area contributed by atoms with E-state index in [1.54, 1.807) is 0 Å². The van der Waals surface area contributed by atoms with Gasteiger partial charge in [0.15, 0.2) is 0 Å². The fourth-order valence-electron chi connectivity index (χ4n) is 3.55. The third-order valence-corrected chi connectivity index (χ3v) is 5.00. The standard InChI is InChI=1S/C14H24N2O/c17-13(16-10-11-1-2-11)12-3-4-14(9-12)5-7-15-8-6-14/h11-12,15H,1-10H2,(H,16,17)/t12-/m1/s1. The minimum absolute atomic E-state index is 0.312. The lowest BCUT2D eigenvalue weighted by Crippen LogP contribution is -2.36. The molecular weight excluding hydrogens is 212 g/mol. The van der Waals surface area contributed by atoms with Gasteiger partial charge in [-0.2, -0.15) is 0 Å². The maximum atomic E-state index is 12.1. The van der Waals surface area contributed by atoms with Crippen molar-refractivity contribution in [2.75, 3.05) is 19.6 Å². The van der Waals surface area contributed by atoms with E-state index in [0.29, 0.717) is 17.2 Å². The first kappa shape index (κ1) is 11.5. The first-order chi connectivity index (χ1) is 8.27. The summed E-state index contributed by atoms with van der Waals surface area (Å²) in [7, 11) is 0. The summed E-state index contributed by atoms with van der Waals surface area (Å²) in [5.74, 6) is 1.45. The largest absolute Gasteiger partial charge is 0.356 e. The summed E-state index contributed by atoms with van der Waals surface area (Å²) in [6.45, 7) is 3.23. The molecule has 2 N–H and O–H groups in total. The Bertz CT molecular complexity index is 293. The average Bonchev–Trinajstić information content (AvgIpc) is 3.10. The highest BCUT2D eigenvalue weighted by Crippen LogP contribution is 2.47. The van der Waals surface area contributed by atoms with Crippen molar-refractivity contribution in [3.63, 3.8) is 0 Å². The Balaban J connectivity index is 1.49. The van der Waals surface area contributed by atoms with Crippen LogP contribution in [-0.2, 0) is 4.79 Å². The van der Waals surface area contributed by atoms with E-state index in [0.717, 1.165) is 38.4 Å². The zero-order chi connectivity index (χ0) is 11.7. The van der Waals surface area contributed by atoms with Crippen LogP contribution in [0.4, 0.5) is 0 Å². The number of amides is 1. The number of nitrogens with one attached hydrogen (secondary N) is 2. The monoisotopic (exact) mass is 236 g/mol. The Morgan fingerprint density at radius 3 is 2.65 bits per heavy atom. The Morgan fingerprint density at radius 1 is 1.18 bits per heavy atom. The van der Waals surface area contributed by atoms with Crippen molar-refractivity contribution in [2.24, 2.45) is 17.3 Å². The predicted octanol–water partition coefficient (Wildman–Crippen LogP) is 1.68. The average molecular weight is 236 g/mol. The molecule has 2 aliphatic carbocycles. The van der Waals surface area contributed by atoms with Gasteiger partial charge in [0.05, 0.1) is 0 Å². The van der Waals surface area contributed by atoms with Gasteiger partial charge in [-0.3, -0.25) is 4.79 Å². The lowest BCUT2D eigenvalue weighted by Gasteiger charge is -2.34. The molecular formula is C14H24N2O. The fraction of sp³-hybridized carbons (Fsp3) is 0.929. The SMILES string of the molecule is O=C(NCC1CC1)[C@@H]1CCC2(CCNCC2)C1. The van der Waals surface area contributed by atoms with Crippen LogP contribution in [0.1, 0.15) is 44.9 Å². The molecule has 2 saturated carbocycles. The van der Waals surface area contributed by atoms with Crippen LogP contribution in [0.15, 0.2) is 0 Å². The normalized spacial score (nSPS) is 31.6. The van der Waals surface area contributed by atoms with Crippen LogP contribution in [0.2, 0.25) is 0 Å². The maximum Gasteiger partial charge on any atom is 0.223 e. The molecule has 0 aromatic rings. The summed E-state index contributed by atoms with van der Waals surface area (Å²) in [5, 5.41) is 6.58. The van der Waals surface area contributed by atoms with Crippen LogP contribution in [0.25, 0.3) is 0 Å². The van der Waals surface area contributed by atoms with E-state index in [2.05, 4.69) is 10.6 Å². The van der Waals surface area contributed by atoms with Crippen LogP contribution >= 0.6 is 0 Å². The van der Waals surface area contributed by atoms with E-state index in [-0.39, 0.29) is 0 Å². The highest BCUT2D eigenvalue weighted by atomic mass is 16.1. The van der Waals surface area contributed by atoms with E-state index in [1.165, 1.54) is 32.1 Å². The molecule has 17 heavy (non-hydrogen) atoms. The van der Waals surface area contributed by atoms with Gasteiger partial charge in [-0.15, -0.1) is 0 Å². The van der Waals surface area contributed by atoms with Gasteiger partial charge in [0, 0.05) is 12.5 Å². The molecule has 0 aromatic heterocycles. The van der Waals surface area contributed by atoms with Crippen LogP contribution in [0, 0.1) is 17.3 Å². The zero-order valence-electron chi connectivity index (χ0n) is 10.6. The summed E-state index contributed by atoms with van der Waals surface area (Å²) >= 11 is 0. The molecule has 0 aromatic carbocycles. The lowest BCUT2D eigenvalue weighted by molar-refractivity contribution is -0.125. The van der Waals surface area contributed by atoms with Crippen molar-refractivity contribution >= 4 is 5.91 Å². The van der Waals surface area contributed by atoms with E-state index in [4.69, 9.17) is 0 Å². The molecule has 1 aliphatic heterocycles. The quantitative estimate of drug-likeness (QED) is 0.783. The summed E-state index contributed by atoms with van der Waals surface area (Å²) < 4.78 is 0. The first-order valence-electron chi connectivity index (χ1n) is 7.26. The molecule has 3 nitrogen and oxygen atoms in total. The molecule has 1 atom stereocenters.